The topological polar surface area (TPSA) is 64.1 Å². The highest BCUT2D eigenvalue weighted by Gasteiger charge is 2.47. The Labute approximate surface area is 163 Å². The second-order valence-corrected chi connectivity index (χ2v) is 8.41. The SMILES string of the molecule is COc1ccc(CN2C[C@@H]3CCOC[C@]3(CO)C2)cc1OCc1nccs1. The largest absolute Gasteiger partial charge is 0.493 e. The van der Waals surface area contributed by atoms with Crippen molar-refractivity contribution in [2.24, 2.45) is 11.3 Å². The van der Waals surface area contributed by atoms with Gasteiger partial charge in [-0.1, -0.05) is 6.07 Å². The van der Waals surface area contributed by atoms with Gasteiger partial charge in [-0.2, -0.15) is 0 Å². The molecule has 4 rings (SSSR count). The molecule has 3 heterocycles. The Bertz CT molecular complexity index is 754. The monoisotopic (exact) mass is 390 g/mol. The van der Waals surface area contributed by atoms with Gasteiger partial charge in [0.2, 0.25) is 0 Å². The molecule has 2 aliphatic rings. The van der Waals surface area contributed by atoms with E-state index in [0.29, 0.717) is 19.1 Å². The van der Waals surface area contributed by atoms with Crippen LogP contribution in [0.4, 0.5) is 0 Å². The van der Waals surface area contributed by atoms with Crippen LogP contribution in [0.2, 0.25) is 0 Å². The second-order valence-electron chi connectivity index (χ2n) is 7.43. The van der Waals surface area contributed by atoms with E-state index in [4.69, 9.17) is 14.2 Å². The smallest absolute Gasteiger partial charge is 0.162 e. The van der Waals surface area contributed by atoms with E-state index in [1.54, 1.807) is 24.6 Å². The van der Waals surface area contributed by atoms with Gasteiger partial charge in [0.25, 0.3) is 0 Å². The summed E-state index contributed by atoms with van der Waals surface area (Å²) in [6, 6.07) is 6.09. The Kier molecular flexibility index (Phi) is 5.63. The Morgan fingerprint density at radius 3 is 3.07 bits per heavy atom. The van der Waals surface area contributed by atoms with Crippen molar-refractivity contribution >= 4 is 11.3 Å². The molecule has 1 aromatic heterocycles. The van der Waals surface area contributed by atoms with Gasteiger partial charge in [-0.05, 0) is 30.0 Å². The van der Waals surface area contributed by atoms with Gasteiger partial charge in [0.05, 0.1) is 20.3 Å². The molecule has 7 heteroatoms. The predicted molar refractivity (Wildman–Crippen MR) is 103 cm³/mol. The van der Waals surface area contributed by atoms with Crippen LogP contribution in [0.25, 0.3) is 0 Å². The quantitative estimate of drug-likeness (QED) is 0.784. The number of hydrogen-bond acceptors (Lipinski definition) is 7. The minimum absolute atomic E-state index is 0.102. The van der Waals surface area contributed by atoms with Gasteiger partial charge in [0.15, 0.2) is 11.5 Å². The number of likely N-dealkylation sites (tertiary alicyclic amines) is 1. The van der Waals surface area contributed by atoms with Crippen molar-refractivity contribution in [2.75, 3.05) is 40.0 Å². The zero-order chi connectivity index (χ0) is 18.7. The summed E-state index contributed by atoms with van der Waals surface area (Å²) in [4.78, 5) is 6.68. The molecule has 1 N–H and O–H groups in total. The van der Waals surface area contributed by atoms with Gasteiger partial charge in [-0.25, -0.2) is 4.98 Å². The third-order valence-corrected chi connectivity index (χ3v) is 6.42. The molecular weight excluding hydrogens is 364 g/mol. The first-order valence-corrected chi connectivity index (χ1v) is 10.2. The molecule has 0 amide bonds. The number of aliphatic hydroxyl groups excluding tert-OH is 1. The minimum Gasteiger partial charge on any atom is -0.493 e. The normalized spacial score (nSPS) is 25.3. The summed E-state index contributed by atoms with van der Waals surface area (Å²) in [6.45, 7) is 4.80. The van der Waals surface area contributed by atoms with Crippen molar-refractivity contribution < 1.29 is 19.3 Å². The van der Waals surface area contributed by atoms with E-state index in [0.717, 1.165) is 49.2 Å². The number of ether oxygens (including phenoxy) is 3. The Balaban J connectivity index is 1.45. The summed E-state index contributed by atoms with van der Waals surface area (Å²) < 4.78 is 17.1. The van der Waals surface area contributed by atoms with Crippen LogP contribution < -0.4 is 9.47 Å². The summed E-state index contributed by atoms with van der Waals surface area (Å²) in [5.74, 6) is 1.97. The van der Waals surface area contributed by atoms with E-state index in [1.165, 1.54) is 5.56 Å². The highest BCUT2D eigenvalue weighted by molar-refractivity contribution is 7.09. The summed E-state index contributed by atoms with van der Waals surface area (Å²) >= 11 is 1.58. The van der Waals surface area contributed by atoms with E-state index < -0.39 is 0 Å². The first-order chi connectivity index (χ1) is 13.2. The molecule has 0 bridgehead atoms. The lowest BCUT2D eigenvalue weighted by Gasteiger charge is -2.36. The van der Waals surface area contributed by atoms with Crippen LogP contribution in [0.1, 0.15) is 17.0 Å². The Morgan fingerprint density at radius 1 is 1.41 bits per heavy atom. The second kappa shape index (κ2) is 8.14. The molecule has 2 aliphatic heterocycles. The van der Waals surface area contributed by atoms with Crippen molar-refractivity contribution in [1.82, 2.24) is 9.88 Å². The molecule has 0 saturated carbocycles. The molecule has 0 spiro atoms. The molecule has 0 radical (unpaired) electrons. The third kappa shape index (κ3) is 3.96. The summed E-state index contributed by atoms with van der Waals surface area (Å²) in [7, 11) is 1.65. The van der Waals surface area contributed by atoms with Gasteiger partial charge in [0, 0.05) is 43.2 Å². The van der Waals surface area contributed by atoms with Crippen LogP contribution in [0.15, 0.2) is 29.8 Å². The maximum atomic E-state index is 9.96. The summed E-state index contributed by atoms with van der Waals surface area (Å²) in [6.07, 6.45) is 2.81. The maximum absolute atomic E-state index is 9.96. The van der Waals surface area contributed by atoms with E-state index in [2.05, 4.69) is 22.0 Å². The lowest BCUT2D eigenvalue weighted by atomic mass is 9.76. The predicted octanol–water partition coefficient (Wildman–Crippen LogP) is 2.56. The molecule has 146 valence electrons. The maximum Gasteiger partial charge on any atom is 0.162 e. The molecule has 6 nitrogen and oxygen atoms in total. The molecule has 1 aromatic carbocycles. The molecule has 2 fully saturated rings. The fraction of sp³-hybridized carbons (Fsp3) is 0.550. The van der Waals surface area contributed by atoms with E-state index in [9.17, 15) is 5.11 Å². The number of methoxy groups -OCH3 is 1. The molecule has 27 heavy (non-hydrogen) atoms. The molecule has 2 aromatic rings. The average Bonchev–Trinajstić information content (AvgIpc) is 3.34. The average molecular weight is 391 g/mol. The van der Waals surface area contributed by atoms with Gasteiger partial charge >= 0.3 is 0 Å². The van der Waals surface area contributed by atoms with Crippen molar-refractivity contribution in [3.05, 3.63) is 40.3 Å². The number of aliphatic hydroxyl groups is 1. The minimum atomic E-state index is -0.102. The number of hydrogen-bond donors (Lipinski definition) is 1. The Morgan fingerprint density at radius 2 is 2.33 bits per heavy atom. The first-order valence-electron chi connectivity index (χ1n) is 9.31. The van der Waals surface area contributed by atoms with Gasteiger partial charge in [-0.3, -0.25) is 4.90 Å². The van der Waals surface area contributed by atoms with Crippen molar-refractivity contribution in [2.45, 2.75) is 19.6 Å². The number of fused-ring (bicyclic) bond motifs is 1. The number of aromatic nitrogens is 1. The van der Waals surface area contributed by atoms with Crippen LogP contribution in [0.5, 0.6) is 11.5 Å². The fourth-order valence-corrected chi connectivity index (χ4v) is 4.73. The Hall–Kier alpha value is -1.67. The number of thiazole rings is 1. The zero-order valence-electron chi connectivity index (χ0n) is 15.6. The van der Waals surface area contributed by atoms with Gasteiger partial charge < -0.3 is 19.3 Å². The summed E-state index contributed by atoms with van der Waals surface area (Å²) in [5.41, 5.74) is 1.08. The third-order valence-electron chi connectivity index (χ3n) is 5.67. The van der Waals surface area contributed by atoms with Crippen LogP contribution in [0, 0.1) is 11.3 Å². The zero-order valence-corrected chi connectivity index (χ0v) is 16.4. The van der Waals surface area contributed by atoms with Crippen LogP contribution in [0.3, 0.4) is 0 Å². The highest BCUT2D eigenvalue weighted by atomic mass is 32.1. The molecule has 0 unspecified atom stereocenters. The van der Waals surface area contributed by atoms with Crippen molar-refractivity contribution in [1.29, 1.82) is 0 Å². The number of rotatable bonds is 7. The fourth-order valence-electron chi connectivity index (χ4n) is 4.21. The van der Waals surface area contributed by atoms with Crippen molar-refractivity contribution in [3.8, 4) is 11.5 Å². The van der Waals surface area contributed by atoms with Gasteiger partial charge in [-0.15, -0.1) is 11.3 Å². The first kappa shape index (κ1) is 18.7. The van der Waals surface area contributed by atoms with Crippen LogP contribution >= 0.6 is 11.3 Å². The molecule has 0 aliphatic carbocycles. The van der Waals surface area contributed by atoms with E-state index in [1.807, 2.05) is 11.4 Å². The van der Waals surface area contributed by atoms with Crippen LogP contribution in [-0.4, -0.2) is 55.0 Å². The molecule has 2 saturated heterocycles. The highest BCUT2D eigenvalue weighted by Crippen LogP contribution is 2.41. The van der Waals surface area contributed by atoms with Crippen molar-refractivity contribution in [3.63, 3.8) is 0 Å². The van der Waals surface area contributed by atoms with E-state index >= 15 is 0 Å². The van der Waals surface area contributed by atoms with Gasteiger partial charge in [0.1, 0.15) is 11.6 Å². The summed E-state index contributed by atoms with van der Waals surface area (Å²) in [5, 5.41) is 12.8. The lowest BCUT2D eigenvalue weighted by Crippen LogP contribution is -2.42. The lowest BCUT2D eigenvalue weighted by molar-refractivity contribution is -0.0561. The number of nitrogens with zero attached hydrogens (tertiary/aromatic N) is 2. The molecular formula is C20H26N2O4S. The van der Waals surface area contributed by atoms with Crippen LogP contribution in [-0.2, 0) is 17.9 Å². The number of benzene rings is 1. The van der Waals surface area contributed by atoms with E-state index in [-0.39, 0.29) is 12.0 Å². The molecule has 2 atom stereocenters. The standard InChI is InChI=1S/C20H26N2O4S/c1-24-17-3-2-15(8-18(17)26-11-19-21-5-7-27-19)9-22-10-16-4-6-25-14-20(16,12-22)13-23/h2-3,5,7-8,16,23H,4,6,9-14H2,1H3/t16-,20+/m0/s1.